The van der Waals surface area contributed by atoms with E-state index in [-0.39, 0.29) is 0 Å². The zero-order valence-electron chi connectivity index (χ0n) is 18.3. The van der Waals surface area contributed by atoms with Gasteiger partial charge in [-0.2, -0.15) is 0 Å². The molecule has 6 nitrogen and oxygen atoms in total. The van der Waals surface area contributed by atoms with E-state index >= 15 is 0 Å². The number of nitrogens with zero attached hydrogens (tertiary/aromatic N) is 4. The molecule has 0 aliphatic rings. The quantitative estimate of drug-likeness (QED) is 0.529. The fourth-order valence-corrected chi connectivity index (χ4v) is 3.09. The summed E-state index contributed by atoms with van der Waals surface area (Å²) < 4.78 is 5.83. The number of hydrogen-bond acceptors (Lipinski definition) is 6. The number of rotatable bonds is 10. The van der Waals surface area contributed by atoms with Crippen LogP contribution in [0.4, 0.5) is 17.3 Å². The third kappa shape index (κ3) is 5.94. The molecule has 3 aromatic rings. The highest BCUT2D eigenvalue weighted by Gasteiger charge is 2.04. The fourth-order valence-electron chi connectivity index (χ4n) is 3.09. The molecular formula is C24H31N5O. The lowest BCUT2D eigenvalue weighted by Gasteiger charge is -2.18. The highest BCUT2D eigenvalue weighted by molar-refractivity contribution is 5.65. The second kappa shape index (κ2) is 10.6. The van der Waals surface area contributed by atoms with Gasteiger partial charge in [-0.05, 0) is 55.1 Å². The van der Waals surface area contributed by atoms with Crippen molar-refractivity contribution in [3.05, 3.63) is 60.9 Å². The van der Waals surface area contributed by atoms with E-state index in [1.54, 1.807) is 0 Å². The molecule has 0 radical (unpaired) electrons. The highest BCUT2D eigenvalue weighted by Crippen LogP contribution is 2.23. The molecule has 30 heavy (non-hydrogen) atoms. The molecule has 0 fully saturated rings. The molecule has 1 heterocycles. The molecule has 0 aliphatic carbocycles. The molecule has 0 amide bonds. The lowest BCUT2D eigenvalue weighted by molar-refractivity contribution is 0.223. The summed E-state index contributed by atoms with van der Waals surface area (Å²) in [6.07, 6.45) is 3.68. The first-order valence-corrected chi connectivity index (χ1v) is 10.4. The van der Waals surface area contributed by atoms with Gasteiger partial charge in [-0.3, -0.25) is 0 Å². The van der Waals surface area contributed by atoms with Crippen molar-refractivity contribution in [3.8, 4) is 16.9 Å². The largest absolute Gasteiger partial charge is 0.492 e. The molecule has 1 N–H and O–H groups in total. The summed E-state index contributed by atoms with van der Waals surface area (Å²) in [4.78, 5) is 13.3. The first-order valence-electron chi connectivity index (χ1n) is 10.4. The summed E-state index contributed by atoms with van der Waals surface area (Å²) in [6.45, 7) is 8.05. The first-order chi connectivity index (χ1) is 14.6. The summed E-state index contributed by atoms with van der Waals surface area (Å²) >= 11 is 0. The number of benzene rings is 2. The number of likely N-dealkylation sites (N-methyl/N-ethyl adjacent to an activating group) is 1. The first kappa shape index (κ1) is 21.6. The van der Waals surface area contributed by atoms with E-state index in [1.807, 2.05) is 50.8 Å². The Labute approximate surface area is 179 Å². The number of ether oxygens (including phenoxy) is 1. The van der Waals surface area contributed by atoms with Gasteiger partial charge in [0.2, 0.25) is 5.95 Å². The van der Waals surface area contributed by atoms with Crippen molar-refractivity contribution in [3.63, 3.8) is 0 Å². The number of anilines is 3. The monoisotopic (exact) mass is 405 g/mol. The zero-order valence-corrected chi connectivity index (χ0v) is 18.3. The molecule has 2 aromatic carbocycles. The van der Waals surface area contributed by atoms with Gasteiger partial charge in [0.1, 0.15) is 12.4 Å². The summed E-state index contributed by atoms with van der Waals surface area (Å²) in [5, 5.41) is 3.23. The van der Waals surface area contributed by atoms with Gasteiger partial charge in [0, 0.05) is 50.0 Å². The second-order valence-electron chi connectivity index (χ2n) is 7.26. The second-order valence-corrected chi connectivity index (χ2v) is 7.26. The van der Waals surface area contributed by atoms with Gasteiger partial charge in [0.15, 0.2) is 0 Å². The predicted octanol–water partition coefficient (Wildman–Crippen LogP) is 4.67. The molecule has 0 atom stereocenters. The third-order valence-corrected chi connectivity index (χ3v) is 5.05. The van der Waals surface area contributed by atoms with Gasteiger partial charge in [-0.25, -0.2) is 9.97 Å². The van der Waals surface area contributed by atoms with E-state index in [2.05, 4.69) is 63.2 Å². The van der Waals surface area contributed by atoms with E-state index in [1.165, 1.54) is 5.69 Å². The van der Waals surface area contributed by atoms with Gasteiger partial charge >= 0.3 is 0 Å². The van der Waals surface area contributed by atoms with Crippen LogP contribution in [-0.4, -0.2) is 55.2 Å². The van der Waals surface area contributed by atoms with E-state index < -0.39 is 0 Å². The molecule has 0 aliphatic heterocycles. The summed E-state index contributed by atoms with van der Waals surface area (Å²) in [7, 11) is 4.06. The Hall–Kier alpha value is -3.12. The maximum absolute atomic E-state index is 5.83. The van der Waals surface area contributed by atoms with E-state index in [4.69, 9.17) is 4.74 Å². The number of aromatic nitrogens is 2. The van der Waals surface area contributed by atoms with Crippen molar-refractivity contribution in [2.24, 2.45) is 0 Å². The van der Waals surface area contributed by atoms with Crippen LogP contribution in [0.25, 0.3) is 11.1 Å². The minimum absolute atomic E-state index is 0.568. The number of hydrogen-bond donors (Lipinski definition) is 1. The fraction of sp³-hybridized carbons (Fsp3) is 0.333. The predicted molar refractivity (Wildman–Crippen MR) is 125 cm³/mol. The Morgan fingerprint density at radius 2 is 1.47 bits per heavy atom. The van der Waals surface area contributed by atoms with Crippen molar-refractivity contribution < 1.29 is 4.74 Å². The van der Waals surface area contributed by atoms with Crippen molar-refractivity contribution in [2.75, 3.05) is 50.6 Å². The molecule has 1 aromatic heterocycles. The van der Waals surface area contributed by atoms with Gasteiger partial charge in [-0.15, -0.1) is 0 Å². The smallest absolute Gasteiger partial charge is 0.227 e. The van der Waals surface area contributed by atoms with Crippen LogP contribution >= 0.6 is 0 Å². The summed E-state index contributed by atoms with van der Waals surface area (Å²) in [6, 6.07) is 16.2. The molecule has 0 unspecified atom stereocenters. The maximum atomic E-state index is 5.83. The van der Waals surface area contributed by atoms with Gasteiger partial charge in [0.25, 0.3) is 0 Å². The molecule has 0 spiro atoms. The zero-order chi connectivity index (χ0) is 21.3. The van der Waals surface area contributed by atoms with Crippen LogP contribution in [0.15, 0.2) is 60.9 Å². The van der Waals surface area contributed by atoms with Gasteiger partial charge in [0.05, 0.1) is 0 Å². The van der Waals surface area contributed by atoms with Crippen molar-refractivity contribution >= 4 is 17.3 Å². The van der Waals surface area contributed by atoms with Crippen molar-refractivity contribution in [1.29, 1.82) is 0 Å². The lowest BCUT2D eigenvalue weighted by Crippen LogP contribution is -2.27. The van der Waals surface area contributed by atoms with E-state index in [9.17, 15) is 0 Å². The average Bonchev–Trinajstić information content (AvgIpc) is 2.78. The van der Waals surface area contributed by atoms with Gasteiger partial charge < -0.3 is 19.9 Å². The summed E-state index contributed by atoms with van der Waals surface area (Å²) in [5.74, 6) is 1.43. The molecule has 0 bridgehead atoms. The Morgan fingerprint density at radius 3 is 2.03 bits per heavy atom. The van der Waals surface area contributed by atoms with Gasteiger partial charge in [-0.1, -0.05) is 26.0 Å². The Kier molecular flexibility index (Phi) is 7.63. The maximum Gasteiger partial charge on any atom is 0.227 e. The molecule has 0 saturated carbocycles. The van der Waals surface area contributed by atoms with Crippen LogP contribution < -0.4 is 15.0 Å². The molecule has 158 valence electrons. The minimum Gasteiger partial charge on any atom is -0.492 e. The SMILES string of the molecule is CCN(CC)CCOc1ccc(Nc2ncc(-c3ccc(N(C)C)cc3)cn2)cc1. The standard InChI is InChI=1S/C24H31N5O/c1-5-29(6-2)15-16-30-23-13-9-21(10-14-23)27-24-25-17-20(18-26-24)19-7-11-22(12-8-19)28(3)4/h7-14,17-18H,5-6,15-16H2,1-4H3,(H,25,26,27). The van der Waals surface area contributed by atoms with Crippen LogP contribution in [-0.2, 0) is 0 Å². The molecular weight excluding hydrogens is 374 g/mol. The molecule has 6 heteroatoms. The molecule has 3 rings (SSSR count). The van der Waals surface area contributed by atoms with E-state index in [0.717, 1.165) is 42.2 Å². The topological polar surface area (TPSA) is 53.5 Å². The Morgan fingerprint density at radius 1 is 0.833 bits per heavy atom. The molecule has 0 saturated heterocycles. The normalized spacial score (nSPS) is 10.8. The van der Waals surface area contributed by atoms with E-state index in [0.29, 0.717) is 12.6 Å². The minimum atomic E-state index is 0.568. The van der Waals surface area contributed by atoms with Crippen LogP contribution in [0.2, 0.25) is 0 Å². The average molecular weight is 406 g/mol. The van der Waals surface area contributed by atoms with Crippen LogP contribution in [0.5, 0.6) is 5.75 Å². The van der Waals surface area contributed by atoms with Crippen LogP contribution in [0, 0.1) is 0 Å². The van der Waals surface area contributed by atoms with Crippen molar-refractivity contribution in [1.82, 2.24) is 14.9 Å². The lowest BCUT2D eigenvalue weighted by atomic mass is 10.1. The number of nitrogens with one attached hydrogen (secondary N) is 1. The Bertz CT molecular complexity index is 888. The van der Waals surface area contributed by atoms with Crippen molar-refractivity contribution in [2.45, 2.75) is 13.8 Å². The summed E-state index contributed by atoms with van der Waals surface area (Å²) in [5.41, 5.74) is 4.17. The highest BCUT2D eigenvalue weighted by atomic mass is 16.5. The van der Waals surface area contributed by atoms with Crippen LogP contribution in [0.3, 0.4) is 0 Å². The van der Waals surface area contributed by atoms with Crippen LogP contribution in [0.1, 0.15) is 13.8 Å². The Balaban J connectivity index is 1.55. The third-order valence-electron chi connectivity index (χ3n) is 5.05.